The Balaban J connectivity index is 3.10. The third-order valence-electron chi connectivity index (χ3n) is 2.05. The van der Waals surface area contributed by atoms with E-state index >= 15 is 0 Å². The van der Waals surface area contributed by atoms with Crippen LogP contribution in [0.15, 0.2) is 18.2 Å². The average molecular weight is 161 g/mol. The summed E-state index contributed by atoms with van der Waals surface area (Å²) in [5.74, 6) is 0. The maximum atomic E-state index is 5.90. The number of hydrogen-bond acceptors (Lipinski definition) is 1. The summed E-state index contributed by atoms with van der Waals surface area (Å²) in [6.07, 6.45) is 2.05. The Morgan fingerprint density at radius 2 is 1.55 bits per heavy atom. The molecule has 0 unspecified atom stereocenters. The third kappa shape index (κ3) is 1.53. The molecule has 0 saturated carbocycles. The van der Waals surface area contributed by atoms with Gasteiger partial charge in [0.05, 0.1) is 0 Å². The molecular formula is C10H15N. The summed E-state index contributed by atoms with van der Waals surface area (Å²) in [6.45, 7) is 4.26. The first-order chi connectivity index (χ1) is 5.29. The van der Waals surface area contributed by atoms with Crippen molar-refractivity contribution >= 4 is 5.69 Å². The molecule has 0 aliphatic rings. The summed E-state index contributed by atoms with van der Waals surface area (Å²) in [7, 11) is 0. The van der Waals surface area contributed by atoms with Gasteiger partial charge in [-0.15, -0.1) is 0 Å². The van der Waals surface area contributed by atoms with Gasteiger partial charge in [-0.25, -0.2) is 0 Å². The lowest BCUT2D eigenvalue weighted by molar-refractivity contribution is 1.09. The molecule has 1 aromatic rings. The maximum Gasteiger partial charge on any atom is 0.0378 e. The first-order valence-electron chi connectivity index (χ1n) is 4.15. The van der Waals surface area contributed by atoms with E-state index in [9.17, 15) is 0 Å². The molecule has 0 aliphatic carbocycles. The quantitative estimate of drug-likeness (QED) is 0.662. The van der Waals surface area contributed by atoms with Gasteiger partial charge in [-0.1, -0.05) is 32.0 Å². The van der Waals surface area contributed by atoms with Gasteiger partial charge in [-0.05, 0) is 24.0 Å². The van der Waals surface area contributed by atoms with Crippen molar-refractivity contribution in [2.24, 2.45) is 0 Å². The van der Waals surface area contributed by atoms with Gasteiger partial charge in [0.1, 0.15) is 0 Å². The molecule has 11 heavy (non-hydrogen) atoms. The molecule has 0 radical (unpaired) electrons. The van der Waals surface area contributed by atoms with Gasteiger partial charge >= 0.3 is 0 Å². The lowest BCUT2D eigenvalue weighted by atomic mass is 10.8. The van der Waals surface area contributed by atoms with Gasteiger partial charge in [-0.3, -0.25) is 0 Å². The summed E-state index contributed by atoms with van der Waals surface area (Å²) in [6, 6.07) is 6.26. The van der Waals surface area contributed by atoms with Crippen molar-refractivity contribution in [3.05, 3.63) is 29.3 Å². The highest BCUT2D eigenvalue weighted by atomic mass is 15.9. The molecular weight excluding hydrogens is 146 g/mol. The van der Waals surface area contributed by atoms with E-state index in [0.29, 0.717) is 0 Å². The summed E-state index contributed by atoms with van der Waals surface area (Å²) in [4.78, 5) is 0. The van der Waals surface area contributed by atoms with Gasteiger partial charge in [0.25, 0.3) is 0 Å². The Morgan fingerprint density at radius 1 is 1.09 bits per heavy atom. The minimum Gasteiger partial charge on any atom is -0.398 e. The van der Waals surface area contributed by atoms with Crippen LogP contribution in [0.4, 0.5) is 5.69 Å². The minimum absolute atomic E-state index is 0.984. The molecule has 1 heteroatoms. The Morgan fingerprint density at radius 3 is 1.91 bits per heavy atom. The van der Waals surface area contributed by atoms with Crippen molar-refractivity contribution in [2.75, 3.05) is 5.73 Å². The number of rotatable bonds is 2. The molecule has 0 heterocycles. The Labute approximate surface area is 68.2 Å². The Bertz CT molecular complexity index is 218. The van der Waals surface area contributed by atoms with E-state index in [-0.39, 0.29) is 0 Å². The van der Waals surface area contributed by atoms with Crippen molar-refractivity contribution in [2.45, 2.75) is 26.7 Å². The van der Waals surface area contributed by atoms with Crippen molar-refractivity contribution < 1.29 is 0 Å². The van der Waals surface area contributed by atoms with Gasteiger partial charge in [0.15, 0.2) is 0 Å². The van der Waals surface area contributed by atoms with Crippen LogP contribution in [-0.2, 0) is 12.8 Å². The smallest absolute Gasteiger partial charge is 0.0378 e. The topological polar surface area (TPSA) is 26.0 Å². The summed E-state index contributed by atoms with van der Waals surface area (Å²) in [5.41, 5.74) is 9.42. The zero-order valence-corrected chi connectivity index (χ0v) is 7.22. The normalized spacial score (nSPS) is 10.0. The molecule has 0 saturated heterocycles. The summed E-state index contributed by atoms with van der Waals surface area (Å²) in [5, 5.41) is 0. The second-order valence-electron chi connectivity index (χ2n) is 2.70. The predicted molar refractivity (Wildman–Crippen MR) is 49.6 cm³/mol. The minimum atomic E-state index is 0.984. The Hall–Kier alpha value is -0.980. The molecule has 0 spiro atoms. The lowest BCUT2D eigenvalue weighted by Crippen LogP contribution is -1.97. The molecule has 0 atom stereocenters. The zero-order valence-electron chi connectivity index (χ0n) is 7.22. The van der Waals surface area contributed by atoms with Crippen molar-refractivity contribution in [3.63, 3.8) is 0 Å². The van der Waals surface area contributed by atoms with Crippen LogP contribution in [0.25, 0.3) is 0 Å². The maximum absolute atomic E-state index is 5.90. The molecule has 2 N–H and O–H groups in total. The highest BCUT2D eigenvalue weighted by Gasteiger charge is 1.99. The van der Waals surface area contributed by atoms with E-state index in [1.807, 2.05) is 0 Å². The van der Waals surface area contributed by atoms with Crippen LogP contribution in [0, 0.1) is 0 Å². The van der Waals surface area contributed by atoms with E-state index in [2.05, 4.69) is 32.0 Å². The third-order valence-corrected chi connectivity index (χ3v) is 2.05. The molecule has 0 bridgehead atoms. The average Bonchev–Trinajstić information content (AvgIpc) is 2.05. The fourth-order valence-corrected chi connectivity index (χ4v) is 1.28. The summed E-state index contributed by atoms with van der Waals surface area (Å²) < 4.78 is 0. The molecule has 60 valence electrons. The molecule has 0 aromatic heterocycles. The second kappa shape index (κ2) is 3.42. The first-order valence-corrected chi connectivity index (χ1v) is 4.15. The van der Waals surface area contributed by atoms with Gasteiger partial charge in [0.2, 0.25) is 0 Å². The lowest BCUT2D eigenvalue weighted by Gasteiger charge is -2.06. The molecule has 1 nitrogen and oxygen atoms in total. The van der Waals surface area contributed by atoms with Crippen LogP contribution in [0.1, 0.15) is 25.0 Å². The van der Waals surface area contributed by atoms with Crippen LogP contribution < -0.4 is 5.73 Å². The number of aryl methyl sites for hydroxylation is 2. The fraction of sp³-hybridized carbons (Fsp3) is 0.400. The number of hydrogen-bond donors (Lipinski definition) is 1. The molecule has 1 rings (SSSR count). The van der Waals surface area contributed by atoms with E-state index in [0.717, 1.165) is 18.5 Å². The molecule has 0 fully saturated rings. The van der Waals surface area contributed by atoms with Crippen LogP contribution >= 0.6 is 0 Å². The van der Waals surface area contributed by atoms with Crippen LogP contribution in [0.2, 0.25) is 0 Å². The van der Waals surface area contributed by atoms with Gasteiger partial charge < -0.3 is 5.73 Å². The molecule has 0 aliphatic heterocycles. The van der Waals surface area contributed by atoms with Crippen LogP contribution in [0.5, 0.6) is 0 Å². The van der Waals surface area contributed by atoms with Crippen molar-refractivity contribution in [3.8, 4) is 0 Å². The van der Waals surface area contributed by atoms with Crippen molar-refractivity contribution in [1.29, 1.82) is 0 Å². The van der Waals surface area contributed by atoms with Crippen molar-refractivity contribution in [1.82, 2.24) is 0 Å². The number of nitrogen functional groups attached to an aromatic ring is 1. The number of para-hydroxylation sites is 1. The van der Waals surface area contributed by atoms with E-state index < -0.39 is 0 Å². The van der Waals surface area contributed by atoms with E-state index in [1.165, 1.54) is 11.1 Å². The number of anilines is 1. The molecule has 1 aromatic carbocycles. The van der Waals surface area contributed by atoms with E-state index in [1.54, 1.807) is 0 Å². The second-order valence-corrected chi connectivity index (χ2v) is 2.70. The summed E-state index contributed by atoms with van der Waals surface area (Å²) >= 11 is 0. The van der Waals surface area contributed by atoms with Crippen LogP contribution in [-0.4, -0.2) is 0 Å². The van der Waals surface area contributed by atoms with E-state index in [4.69, 9.17) is 5.73 Å². The number of benzene rings is 1. The Kier molecular flexibility index (Phi) is 2.53. The standard InChI is InChI=1S/C10H15N/c1-3-8-6-5-7-9(4-2)10(8)11/h5-7H,3-4,11H2,1-2H3/i5+2,6+2,7+2,8+2,9+2,10+2. The zero-order chi connectivity index (χ0) is 8.27. The van der Waals surface area contributed by atoms with Gasteiger partial charge in [0, 0.05) is 5.69 Å². The predicted octanol–water partition coefficient (Wildman–Crippen LogP) is 2.39. The SMILES string of the molecule is CC[14c]1[14cH][14cH][14cH][14c](CC)[14c]1N. The fourth-order valence-electron chi connectivity index (χ4n) is 1.28. The monoisotopic (exact) mass is 161 g/mol. The molecule has 0 amide bonds. The highest BCUT2D eigenvalue weighted by molar-refractivity contribution is 5.53. The van der Waals surface area contributed by atoms with Gasteiger partial charge in [-0.2, -0.15) is 0 Å². The number of nitrogens with two attached hydrogens (primary N) is 1. The van der Waals surface area contributed by atoms with Crippen LogP contribution in [0.3, 0.4) is 0 Å². The first kappa shape index (κ1) is 8.12. The highest BCUT2D eigenvalue weighted by Crippen LogP contribution is 2.17. The largest absolute Gasteiger partial charge is 0.398 e.